The lowest BCUT2D eigenvalue weighted by atomic mass is 9.95. The van der Waals surface area contributed by atoms with Crippen LogP contribution in [0.2, 0.25) is 0 Å². The summed E-state index contributed by atoms with van der Waals surface area (Å²) in [4.78, 5) is 32.6. The second-order valence-electron chi connectivity index (χ2n) is 9.84. The van der Waals surface area contributed by atoms with E-state index >= 15 is 0 Å². The van der Waals surface area contributed by atoms with Gasteiger partial charge >= 0.3 is 5.97 Å². The Morgan fingerprint density at radius 1 is 1.04 bits per heavy atom. The van der Waals surface area contributed by atoms with Crippen LogP contribution in [0.15, 0.2) is 80.1 Å². The second-order valence-corrected chi connectivity index (χ2v) is 12.9. The minimum absolute atomic E-state index is 0.172. The highest BCUT2D eigenvalue weighted by atomic mass is 127. The van der Waals surface area contributed by atoms with Crippen LogP contribution >= 0.6 is 49.9 Å². The molecule has 2 heterocycles. The fourth-order valence-corrected chi connectivity index (χ4v) is 7.38. The molecule has 9 nitrogen and oxygen atoms in total. The lowest BCUT2D eigenvalue weighted by molar-refractivity contribution is -0.139. The normalized spacial score (nSPS) is 14.5. The third-order valence-corrected chi connectivity index (χ3v) is 9.56. The molecule has 45 heavy (non-hydrogen) atoms. The van der Waals surface area contributed by atoms with Gasteiger partial charge < -0.3 is 23.7 Å². The van der Waals surface area contributed by atoms with Gasteiger partial charge in [-0.3, -0.25) is 9.36 Å². The van der Waals surface area contributed by atoms with Crippen LogP contribution in [-0.2, 0) is 16.1 Å². The van der Waals surface area contributed by atoms with Gasteiger partial charge in [0.15, 0.2) is 27.8 Å². The van der Waals surface area contributed by atoms with Crippen molar-refractivity contribution in [3.63, 3.8) is 0 Å². The molecule has 0 fully saturated rings. The summed E-state index contributed by atoms with van der Waals surface area (Å²) in [6.45, 7) is 4.04. The Hall–Kier alpha value is -3.62. The molecule has 1 aliphatic rings. The van der Waals surface area contributed by atoms with Crippen LogP contribution in [0.4, 0.5) is 0 Å². The molecule has 1 atom stereocenters. The maximum Gasteiger partial charge on any atom is 0.338 e. The monoisotopic (exact) mass is 804 g/mol. The SMILES string of the molecule is CCOC(=O)C1=C(C)N=c2s/c(=C\c3cc(I)c(OCc4ccccc4)c(OC)c3)c(=O)n2C1c1cc(OC)c(OC)cc1Br. The first-order valence-corrected chi connectivity index (χ1v) is 16.5. The number of ether oxygens (including phenoxy) is 5. The number of methoxy groups -OCH3 is 3. The van der Waals surface area contributed by atoms with E-state index < -0.39 is 12.0 Å². The highest BCUT2D eigenvalue weighted by Crippen LogP contribution is 2.41. The number of carbonyl (C=O) groups excluding carboxylic acids is 1. The third kappa shape index (κ3) is 6.68. The topological polar surface area (TPSA) is 97.6 Å². The first-order valence-electron chi connectivity index (χ1n) is 13.9. The van der Waals surface area contributed by atoms with Crippen LogP contribution in [-0.4, -0.2) is 38.5 Å². The van der Waals surface area contributed by atoms with Crippen molar-refractivity contribution in [1.82, 2.24) is 4.57 Å². The van der Waals surface area contributed by atoms with Crippen molar-refractivity contribution in [2.75, 3.05) is 27.9 Å². The van der Waals surface area contributed by atoms with Gasteiger partial charge in [0.2, 0.25) is 0 Å². The minimum Gasteiger partial charge on any atom is -0.493 e. The zero-order valence-corrected chi connectivity index (χ0v) is 29.7. The lowest BCUT2D eigenvalue weighted by Crippen LogP contribution is -2.40. The average Bonchev–Trinajstić information content (AvgIpc) is 3.33. The number of allylic oxidation sites excluding steroid dienone is 1. The Morgan fingerprint density at radius 3 is 2.40 bits per heavy atom. The summed E-state index contributed by atoms with van der Waals surface area (Å²) in [6.07, 6.45) is 1.79. The van der Waals surface area contributed by atoms with E-state index in [0.29, 0.717) is 54.7 Å². The summed E-state index contributed by atoms with van der Waals surface area (Å²) in [5.41, 5.74) is 2.82. The molecule has 0 bridgehead atoms. The second kappa shape index (κ2) is 14.2. The van der Waals surface area contributed by atoms with Crippen molar-refractivity contribution >= 4 is 61.9 Å². The molecule has 1 aliphatic heterocycles. The molecule has 3 aromatic carbocycles. The van der Waals surface area contributed by atoms with Gasteiger partial charge in [-0.1, -0.05) is 57.6 Å². The zero-order valence-electron chi connectivity index (χ0n) is 25.2. The van der Waals surface area contributed by atoms with Gasteiger partial charge in [0, 0.05) is 4.47 Å². The van der Waals surface area contributed by atoms with Gasteiger partial charge in [0.1, 0.15) is 6.61 Å². The van der Waals surface area contributed by atoms with E-state index in [2.05, 4.69) is 43.5 Å². The number of esters is 1. The van der Waals surface area contributed by atoms with Crippen LogP contribution < -0.4 is 33.8 Å². The summed E-state index contributed by atoms with van der Waals surface area (Å²) >= 11 is 7.07. The van der Waals surface area contributed by atoms with Gasteiger partial charge in [0.05, 0.1) is 53.4 Å². The Morgan fingerprint density at radius 2 is 1.73 bits per heavy atom. The third-order valence-electron chi connectivity index (χ3n) is 7.09. The van der Waals surface area contributed by atoms with E-state index in [-0.39, 0.29) is 17.7 Å². The van der Waals surface area contributed by atoms with E-state index in [0.717, 1.165) is 14.7 Å². The number of rotatable bonds is 10. The van der Waals surface area contributed by atoms with E-state index in [9.17, 15) is 9.59 Å². The van der Waals surface area contributed by atoms with Crippen molar-refractivity contribution in [3.8, 4) is 23.0 Å². The zero-order chi connectivity index (χ0) is 32.2. The van der Waals surface area contributed by atoms with Gasteiger partial charge in [0.25, 0.3) is 5.56 Å². The number of nitrogens with zero attached hydrogens (tertiary/aromatic N) is 2. The molecule has 0 N–H and O–H groups in total. The van der Waals surface area contributed by atoms with Crippen molar-refractivity contribution < 1.29 is 28.5 Å². The molecule has 0 aliphatic carbocycles. The predicted octanol–water partition coefficient (Wildman–Crippen LogP) is 5.77. The van der Waals surface area contributed by atoms with Crippen molar-refractivity contribution in [1.29, 1.82) is 0 Å². The highest BCUT2D eigenvalue weighted by molar-refractivity contribution is 14.1. The molecular weight excluding hydrogens is 775 g/mol. The maximum absolute atomic E-state index is 14.2. The van der Waals surface area contributed by atoms with Crippen LogP contribution in [0.3, 0.4) is 0 Å². The van der Waals surface area contributed by atoms with Crippen molar-refractivity contribution in [2.45, 2.75) is 26.5 Å². The number of hydrogen-bond acceptors (Lipinski definition) is 9. The lowest BCUT2D eigenvalue weighted by Gasteiger charge is -2.26. The number of hydrogen-bond donors (Lipinski definition) is 0. The largest absolute Gasteiger partial charge is 0.493 e. The predicted molar refractivity (Wildman–Crippen MR) is 184 cm³/mol. The highest BCUT2D eigenvalue weighted by Gasteiger charge is 2.35. The average molecular weight is 805 g/mol. The molecule has 12 heteroatoms. The van der Waals surface area contributed by atoms with Crippen molar-refractivity contribution in [3.05, 3.63) is 110 Å². The van der Waals surface area contributed by atoms with Gasteiger partial charge in [-0.05, 0) is 83.5 Å². The van der Waals surface area contributed by atoms with E-state index in [1.54, 1.807) is 46.3 Å². The number of thiazole rings is 1. The summed E-state index contributed by atoms with van der Waals surface area (Å²) in [6, 6.07) is 16.3. The number of fused-ring (bicyclic) bond motifs is 1. The number of carbonyl (C=O) groups is 1. The Bertz CT molecular complexity index is 1970. The molecule has 4 aromatic rings. The van der Waals surface area contributed by atoms with Crippen molar-refractivity contribution in [2.24, 2.45) is 4.99 Å². The fourth-order valence-electron chi connectivity index (χ4n) is 5.01. The fraction of sp³-hybridized carbons (Fsp3) is 0.242. The number of benzene rings is 3. The standard InChI is InChI=1S/C33H30BrIN2O7S/c1-6-43-32(39)28-18(2)36-33-37(29(28)21-15-24(40-3)25(41-4)16-22(21)34)31(38)27(45-33)14-20-12-23(35)30(26(13-20)42-5)44-17-19-10-8-7-9-11-19/h7-16,29H,6,17H2,1-5H3/b27-14-. The Balaban J connectivity index is 1.64. The van der Waals surface area contributed by atoms with E-state index in [1.807, 2.05) is 42.5 Å². The smallest absolute Gasteiger partial charge is 0.338 e. The molecule has 0 radical (unpaired) electrons. The van der Waals surface area contributed by atoms with E-state index in [1.165, 1.54) is 23.0 Å². The van der Waals surface area contributed by atoms with Gasteiger partial charge in [-0.25, -0.2) is 9.79 Å². The molecule has 5 rings (SSSR count). The van der Waals surface area contributed by atoms with E-state index in [4.69, 9.17) is 23.7 Å². The number of halogens is 2. The molecule has 0 spiro atoms. The summed E-state index contributed by atoms with van der Waals surface area (Å²) < 4.78 is 31.7. The summed E-state index contributed by atoms with van der Waals surface area (Å²) in [5, 5.41) is 0. The molecule has 0 saturated carbocycles. The molecule has 0 saturated heterocycles. The molecule has 1 aromatic heterocycles. The Labute approximate surface area is 286 Å². The molecule has 1 unspecified atom stereocenters. The van der Waals surface area contributed by atoms with Crippen LogP contribution in [0.5, 0.6) is 23.0 Å². The molecular formula is C33H30BrIN2O7S. The minimum atomic E-state index is -0.833. The van der Waals surface area contributed by atoms with Crippen LogP contribution in [0, 0.1) is 3.57 Å². The maximum atomic E-state index is 14.2. The molecule has 0 amide bonds. The first kappa shape index (κ1) is 32.8. The van der Waals surface area contributed by atoms with Gasteiger partial charge in [-0.15, -0.1) is 0 Å². The number of aromatic nitrogens is 1. The first-order chi connectivity index (χ1) is 21.7. The van der Waals surface area contributed by atoms with Crippen LogP contribution in [0.1, 0.15) is 36.6 Å². The quantitative estimate of drug-likeness (QED) is 0.148. The van der Waals surface area contributed by atoms with Crippen LogP contribution in [0.25, 0.3) is 6.08 Å². The van der Waals surface area contributed by atoms with Gasteiger partial charge in [-0.2, -0.15) is 0 Å². The summed E-state index contributed by atoms with van der Waals surface area (Å²) in [7, 11) is 4.65. The Kier molecular flexibility index (Phi) is 10.3. The summed E-state index contributed by atoms with van der Waals surface area (Å²) in [5.74, 6) is 1.56. The molecule has 234 valence electrons.